The maximum absolute atomic E-state index is 11.5. The number of amides is 2. The molecule has 0 atom stereocenters. The Morgan fingerprint density at radius 3 is 2.90 bits per heavy atom. The molecule has 0 aliphatic heterocycles. The van der Waals surface area contributed by atoms with Crippen LogP contribution < -0.4 is 10.6 Å². The van der Waals surface area contributed by atoms with Crippen LogP contribution in [0.5, 0.6) is 0 Å². The average molecular weight is 295 g/mol. The lowest BCUT2D eigenvalue weighted by atomic mass is 10.3. The largest absolute Gasteiger partial charge is 0.395 e. The number of aliphatic hydroxyl groups excluding tert-OH is 1. The molecule has 0 bridgehead atoms. The van der Waals surface area contributed by atoms with Gasteiger partial charge in [0.05, 0.1) is 17.3 Å². The molecule has 1 aromatic heterocycles. The summed E-state index contributed by atoms with van der Waals surface area (Å²) in [6, 6.07) is 6.90. The van der Waals surface area contributed by atoms with Crippen molar-refractivity contribution >= 4 is 23.4 Å². The van der Waals surface area contributed by atoms with Gasteiger partial charge >= 0.3 is 6.03 Å². The summed E-state index contributed by atoms with van der Waals surface area (Å²) in [5, 5.41) is 18.6. The SMILES string of the molecule is Cc1cn(-c2ccccc2Cl)nc1NC(=O)NCCO. The zero-order chi connectivity index (χ0) is 14.5. The first-order valence-corrected chi connectivity index (χ1v) is 6.46. The number of anilines is 1. The van der Waals surface area contributed by atoms with E-state index in [1.165, 1.54) is 0 Å². The first-order chi connectivity index (χ1) is 9.61. The van der Waals surface area contributed by atoms with E-state index in [2.05, 4.69) is 15.7 Å². The molecule has 2 aromatic rings. The second-order valence-corrected chi connectivity index (χ2v) is 4.57. The van der Waals surface area contributed by atoms with Gasteiger partial charge in [0, 0.05) is 18.3 Å². The fourth-order valence-corrected chi connectivity index (χ4v) is 1.89. The summed E-state index contributed by atoms with van der Waals surface area (Å²) in [6.45, 7) is 1.92. The third kappa shape index (κ3) is 3.28. The molecule has 0 spiro atoms. The molecule has 0 aliphatic rings. The summed E-state index contributed by atoms with van der Waals surface area (Å²) in [4.78, 5) is 11.5. The van der Waals surface area contributed by atoms with Gasteiger partial charge in [-0.1, -0.05) is 23.7 Å². The monoisotopic (exact) mass is 294 g/mol. The predicted molar refractivity (Wildman–Crippen MR) is 77.4 cm³/mol. The van der Waals surface area contributed by atoms with Crippen LogP contribution in [0.1, 0.15) is 5.56 Å². The molecule has 20 heavy (non-hydrogen) atoms. The van der Waals surface area contributed by atoms with Gasteiger partial charge in [0.15, 0.2) is 5.82 Å². The Morgan fingerprint density at radius 1 is 1.45 bits per heavy atom. The zero-order valence-electron chi connectivity index (χ0n) is 10.9. The van der Waals surface area contributed by atoms with Crippen molar-refractivity contribution in [2.75, 3.05) is 18.5 Å². The standard InChI is InChI=1S/C13H15ClN4O2/c1-9-8-18(11-5-3-2-4-10(11)14)17-12(9)16-13(20)15-6-7-19/h2-5,8,19H,6-7H2,1H3,(H2,15,16,17,20). The van der Waals surface area contributed by atoms with E-state index in [9.17, 15) is 4.79 Å². The number of hydrogen-bond acceptors (Lipinski definition) is 3. The number of para-hydroxylation sites is 1. The van der Waals surface area contributed by atoms with Crippen molar-refractivity contribution in [1.29, 1.82) is 0 Å². The van der Waals surface area contributed by atoms with Crippen molar-refractivity contribution in [2.24, 2.45) is 0 Å². The van der Waals surface area contributed by atoms with Gasteiger partial charge in [0.2, 0.25) is 0 Å². The minimum atomic E-state index is -0.411. The quantitative estimate of drug-likeness (QED) is 0.806. The molecule has 2 rings (SSSR count). The van der Waals surface area contributed by atoms with Crippen molar-refractivity contribution in [2.45, 2.75) is 6.92 Å². The van der Waals surface area contributed by atoms with Crippen molar-refractivity contribution in [3.8, 4) is 5.69 Å². The Balaban J connectivity index is 2.18. The van der Waals surface area contributed by atoms with Crippen molar-refractivity contribution < 1.29 is 9.90 Å². The van der Waals surface area contributed by atoms with Gasteiger partial charge in [-0.15, -0.1) is 5.10 Å². The number of aromatic nitrogens is 2. The Hall–Kier alpha value is -2.05. The summed E-state index contributed by atoms with van der Waals surface area (Å²) in [6.07, 6.45) is 1.78. The van der Waals surface area contributed by atoms with Crippen LogP contribution in [-0.2, 0) is 0 Å². The lowest BCUT2D eigenvalue weighted by Gasteiger charge is -2.05. The lowest BCUT2D eigenvalue weighted by molar-refractivity contribution is 0.244. The topological polar surface area (TPSA) is 79.2 Å². The Bertz CT molecular complexity index is 612. The Morgan fingerprint density at radius 2 is 2.20 bits per heavy atom. The van der Waals surface area contributed by atoms with Crippen LogP contribution in [0.4, 0.5) is 10.6 Å². The minimum Gasteiger partial charge on any atom is -0.395 e. The molecule has 0 saturated carbocycles. The van der Waals surface area contributed by atoms with E-state index in [-0.39, 0.29) is 13.2 Å². The second kappa shape index (κ2) is 6.40. The van der Waals surface area contributed by atoms with Crippen LogP contribution in [0.2, 0.25) is 5.02 Å². The molecule has 106 valence electrons. The van der Waals surface area contributed by atoms with Gasteiger partial charge in [-0.3, -0.25) is 5.32 Å². The molecule has 2 amide bonds. The Kier molecular flexibility index (Phi) is 4.60. The van der Waals surface area contributed by atoms with E-state index in [1.807, 2.05) is 25.1 Å². The van der Waals surface area contributed by atoms with Gasteiger partial charge in [0.1, 0.15) is 0 Å². The summed E-state index contributed by atoms with van der Waals surface area (Å²) < 4.78 is 1.61. The van der Waals surface area contributed by atoms with Crippen LogP contribution in [0.15, 0.2) is 30.5 Å². The fraction of sp³-hybridized carbons (Fsp3) is 0.231. The first kappa shape index (κ1) is 14.4. The van der Waals surface area contributed by atoms with Crippen molar-refractivity contribution in [3.63, 3.8) is 0 Å². The minimum absolute atomic E-state index is 0.111. The number of carbonyl (C=O) groups excluding carboxylic acids is 1. The number of nitrogens with one attached hydrogen (secondary N) is 2. The van der Waals surface area contributed by atoms with Gasteiger partial charge < -0.3 is 10.4 Å². The highest BCUT2D eigenvalue weighted by atomic mass is 35.5. The number of carbonyl (C=O) groups is 1. The van der Waals surface area contributed by atoms with E-state index in [4.69, 9.17) is 16.7 Å². The summed E-state index contributed by atoms with van der Waals surface area (Å²) in [7, 11) is 0. The molecule has 0 aliphatic carbocycles. The van der Waals surface area contributed by atoms with Crippen molar-refractivity contribution in [3.05, 3.63) is 41.0 Å². The molecule has 7 heteroatoms. The van der Waals surface area contributed by atoms with Crippen LogP contribution in [0, 0.1) is 6.92 Å². The number of nitrogens with zero attached hydrogens (tertiary/aromatic N) is 2. The lowest BCUT2D eigenvalue weighted by Crippen LogP contribution is -2.31. The number of benzene rings is 1. The third-order valence-electron chi connectivity index (χ3n) is 2.63. The summed E-state index contributed by atoms with van der Waals surface area (Å²) in [5.41, 5.74) is 1.55. The number of hydrogen-bond donors (Lipinski definition) is 3. The van der Waals surface area contributed by atoms with E-state index >= 15 is 0 Å². The number of urea groups is 1. The van der Waals surface area contributed by atoms with Crippen LogP contribution in [0.25, 0.3) is 5.69 Å². The summed E-state index contributed by atoms with van der Waals surface area (Å²) >= 11 is 6.11. The number of rotatable bonds is 4. The highest BCUT2D eigenvalue weighted by Gasteiger charge is 2.11. The highest BCUT2D eigenvalue weighted by molar-refractivity contribution is 6.32. The van der Waals surface area contributed by atoms with E-state index in [1.54, 1.807) is 16.9 Å². The number of aryl methyl sites for hydroxylation is 1. The van der Waals surface area contributed by atoms with Crippen LogP contribution >= 0.6 is 11.6 Å². The molecular weight excluding hydrogens is 280 g/mol. The number of halogens is 1. The Labute approximate surface area is 121 Å². The highest BCUT2D eigenvalue weighted by Crippen LogP contribution is 2.22. The molecule has 0 radical (unpaired) electrons. The maximum Gasteiger partial charge on any atom is 0.320 e. The molecule has 3 N–H and O–H groups in total. The zero-order valence-corrected chi connectivity index (χ0v) is 11.7. The average Bonchev–Trinajstić information content (AvgIpc) is 2.78. The van der Waals surface area contributed by atoms with E-state index < -0.39 is 6.03 Å². The fourth-order valence-electron chi connectivity index (χ4n) is 1.67. The van der Waals surface area contributed by atoms with E-state index in [0.717, 1.165) is 11.3 Å². The predicted octanol–water partition coefficient (Wildman–Crippen LogP) is 1.95. The first-order valence-electron chi connectivity index (χ1n) is 6.08. The van der Waals surface area contributed by atoms with Crippen LogP contribution in [-0.4, -0.2) is 34.1 Å². The molecule has 6 nitrogen and oxygen atoms in total. The molecule has 0 saturated heterocycles. The van der Waals surface area contributed by atoms with Crippen LogP contribution in [0.3, 0.4) is 0 Å². The molecule has 1 heterocycles. The maximum atomic E-state index is 11.5. The van der Waals surface area contributed by atoms with Gasteiger partial charge in [0.25, 0.3) is 0 Å². The third-order valence-corrected chi connectivity index (χ3v) is 2.95. The molecule has 0 fully saturated rings. The van der Waals surface area contributed by atoms with Gasteiger partial charge in [-0.25, -0.2) is 9.48 Å². The van der Waals surface area contributed by atoms with E-state index in [0.29, 0.717) is 10.8 Å². The second-order valence-electron chi connectivity index (χ2n) is 4.16. The normalized spacial score (nSPS) is 10.3. The van der Waals surface area contributed by atoms with Crippen molar-refractivity contribution in [1.82, 2.24) is 15.1 Å². The summed E-state index contributed by atoms with van der Waals surface area (Å²) in [5.74, 6) is 0.445. The smallest absolute Gasteiger partial charge is 0.320 e. The van der Waals surface area contributed by atoms with Gasteiger partial charge in [-0.05, 0) is 19.1 Å². The molecule has 1 aromatic carbocycles. The van der Waals surface area contributed by atoms with Gasteiger partial charge in [-0.2, -0.15) is 0 Å². The molecule has 0 unspecified atom stereocenters. The number of aliphatic hydroxyl groups is 1. The molecular formula is C13H15ClN4O2.